The number of allylic oxidation sites excluding steroid dienone is 1. The summed E-state index contributed by atoms with van der Waals surface area (Å²) in [7, 11) is -3.94. The second kappa shape index (κ2) is 12.9. The van der Waals surface area contributed by atoms with Gasteiger partial charge >= 0.3 is 0 Å². The number of hydrogen-bond acceptors (Lipinski definition) is 8. The Morgan fingerprint density at radius 2 is 1.94 bits per heavy atom. The quantitative estimate of drug-likeness (QED) is 0.366. The topological polar surface area (TPSA) is 97.4 Å². The molecule has 8 rings (SSSR count). The number of benzene rings is 2. The van der Waals surface area contributed by atoms with Gasteiger partial charge in [0, 0.05) is 42.2 Å². The van der Waals surface area contributed by atoms with Crippen LogP contribution in [0.2, 0.25) is 5.02 Å². The van der Waals surface area contributed by atoms with Crippen molar-refractivity contribution in [3.8, 4) is 5.75 Å². The lowest BCUT2D eigenvalue weighted by Crippen LogP contribution is -2.65. The average Bonchev–Trinajstić information content (AvgIpc) is 3.22. The summed E-state index contributed by atoms with van der Waals surface area (Å²) in [6.45, 7) is 9.37. The molecule has 9 nitrogen and oxygen atoms in total. The van der Waals surface area contributed by atoms with Crippen molar-refractivity contribution in [2.75, 3.05) is 57.5 Å². The van der Waals surface area contributed by atoms with Gasteiger partial charge in [0.25, 0.3) is 5.91 Å². The minimum Gasteiger partial charge on any atom is -0.490 e. The molecule has 3 fully saturated rings. The number of ether oxygens (including phenoxy) is 3. The number of anilines is 1. The van der Waals surface area contributed by atoms with Crippen LogP contribution in [0.1, 0.15) is 67.4 Å². The Balaban J connectivity index is 1.21. The lowest BCUT2D eigenvalue weighted by atomic mass is 9.63. The predicted molar refractivity (Wildman–Crippen MR) is 190 cm³/mol. The van der Waals surface area contributed by atoms with Crippen LogP contribution < -0.4 is 14.4 Å². The van der Waals surface area contributed by atoms with E-state index in [4.69, 9.17) is 25.8 Å². The molecular formula is C38H48ClN3O6S. The maximum Gasteiger partial charge on any atom is 0.264 e. The molecule has 49 heavy (non-hydrogen) atoms. The molecule has 0 unspecified atom stereocenters. The predicted octanol–water partition coefficient (Wildman–Crippen LogP) is 5.35. The molecule has 6 aliphatic rings. The van der Waals surface area contributed by atoms with Crippen LogP contribution in [-0.4, -0.2) is 88.7 Å². The van der Waals surface area contributed by atoms with E-state index in [9.17, 15) is 13.2 Å². The van der Waals surface area contributed by atoms with Crippen molar-refractivity contribution >= 4 is 33.2 Å². The molecule has 2 aromatic rings. The van der Waals surface area contributed by atoms with Gasteiger partial charge in [-0.15, -0.1) is 0 Å². The van der Waals surface area contributed by atoms with Crippen LogP contribution in [-0.2, 0) is 31.3 Å². The highest BCUT2D eigenvalue weighted by molar-refractivity contribution is 7.90. The molecule has 1 N–H and O–H groups in total. The molecule has 264 valence electrons. The Morgan fingerprint density at radius 3 is 2.78 bits per heavy atom. The summed E-state index contributed by atoms with van der Waals surface area (Å²) >= 11 is 6.48. The van der Waals surface area contributed by atoms with Gasteiger partial charge in [0.1, 0.15) is 11.4 Å². The maximum absolute atomic E-state index is 13.6. The first-order valence-corrected chi connectivity index (χ1v) is 20.0. The van der Waals surface area contributed by atoms with Gasteiger partial charge in [-0.05, 0) is 105 Å². The third-order valence-electron chi connectivity index (χ3n) is 12.6. The number of morpholine rings is 2. The SMILES string of the molecule is C[C@@H]1[C@@H](C)C/C=C/[C@@]2(CN3CCOC[C@H]3CO2)[C@@H]2CC[C@H]2CN2C[C@@]3(CCCc4cc(Cl)ccc43)COc3ccc(cc32)C(=O)NS1(=O)=O. The summed E-state index contributed by atoms with van der Waals surface area (Å²) in [5, 5.41) is -0.0173. The number of rotatable bonds is 0. The first kappa shape index (κ1) is 33.5. The first-order chi connectivity index (χ1) is 23.6. The number of aryl methyl sites for hydroxylation is 1. The van der Waals surface area contributed by atoms with Crippen molar-refractivity contribution in [1.29, 1.82) is 0 Å². The summed E-state index contributed by atoms with van der Waals surface area (Å²) in [5.74, 6) is 0.557. The molecule has 0 aromatic heterocycles. The van der Waals surface area contributed by atoms with Gasteiger partial charge in [0.2, 0.25) is 10.0 Å². The molecule has 4 aliphatic heterocycles. The number of nitrogens with zero attached hydrogens (tertiary/aromatic N) is 2. The first-order valence-electron chi connectivity index (χ1n) is 18.1. The maximum atomic E-state index is 13.6. The zero-order valence-electron chi connectivity index (χ0n) is 28.5. The summed E-state index contributed by atoms with van der Waals surface area (Å²) in [4.78, 5) is 18.6. The Hall–Kier alpha value is -2.63. The second-order valence-corrected chi connectivity index (χ2v) is 18.0. The fourth-order valence-electron chi connectivity index (χ4n) is 9.34. The average molecular weight is 710 g/mol. The van der Waals surface area contributed by atoms with Crippen LogP contribution in [0, 0.1) is 17.8 Å². The number of halogens is 1. The Labute approximate surface area is 295 Å². The van der Waals surface area contributed by atoms with Gasteiger partial charge < -0.3 is 19.1 Å². The highest BCUT2D eigenvalue weighted by Gasteiger charge is 2.52. The smallest absolute Gasteiger partial charge is 0.264 e. The molecule has 2 aliphatic carbocycles. The van der Waals surface area contributed by atoms with Crippen molar-refractivity contribution in [2.24, 2.45) is 17.8 Å². The summed E-state index contributed by atoms with van der Waals surface area (Å²) < 4.78 is 48.8. The van der Waals surface area contributed by atoms with E-state index in [0.717, 1.165) is 81.3 Å². The largest absolute Gasteiger partial charge is 0.490 e. The molecule has 11 heteroatoms. The van der Waals surface area contributed by atoms with E-state index in [2.05, 4.69) is 38.8 Å². The van der Waals surface area contributed by atoms with Gasteiger partial charge in [-0.1, -0.05) is 36.7 Å². The zero-order chi connectivity index (χ0) is 34.0. The van der Waals surface area contributed by atoms with Crippen LogP contribution in [0.4, 0.5) is 5.69 Å². The number of amides is 1. The summed E-state index contributed by atoms with van der Waals surface area (Å²) in [6, 6.07) is 11.9. The third kappa shape index (κ3) is 6.09. The molecule has 1 amide bonds. The highest BCUT2D eigenvalue weighted by Crippen LogP contribution is 2.50. The van der Waals surface area contributed by atoms with Gasteiger partial charge in [-0.25, -0.2) is 13.1 Å². The number of hydrogen-bond donors (Lipinski definition) is 1. The Kier molecular flexibility index (Phi) is 8.79. The van der Waals surface area contributed by atoms with Gasteiger partial charge in [-0.2, -0.15) is 0 Å². The van der Waals surface area contributed by atoms with E-state index in [0.29, 0.717) is 43.6 Å². The lowest BCUT2D eigenvalue weighted by Gasteiger charge is -2.56. The minimum atomic E-state index is -3.94. The number of fused-ring (bicyclic) bond motifs is 6. The Bertz CT molecular complexity index is 1750. The fourth-order valence-corrected chi connectivity index (χ4v) is 10.8. The normalized spacial score (nSPS) is 36.7. The Morgan fingerprint density at radius 1 is 1.06 bits per heavy atom. The van der Waals surface area contributed by atoms with Crippen LogP contribution >= 0.6 is 11.6 Å². The standard InChI is InChI=1S/C38H48ClN3O6S/c1-25-5-3-14-38(23-41-15-16-46-20-31(41)21-48-38)33-10-7-29(33)19-42-22-37(13-4-6-27-17-30(39)9-11-32(27)37)24-47-35-12-8-28(18-34(35)42)36(43)40-49(44,45)26(25)2/h3,8-9,11-12,14,17-18,25-26,29,31,33H,4-7,10,13,15-16,19-24H2,1-2H3,(H,40,43)/b14-3+/t25-,26+,29-,31-,33+,37-,38+/m0/s1. The van der Waals surface area contributed by atoms with Crippen molar-refractivity contribution < 1.29 is 27.4 Å². The lowest BCUT2D eigenvalue weighted by molar-refractivity contribution is -0.186. The molecule has 0 radical (unpaired) electrons. The van der Waals surface area contributed by atoms with E-state index in [1.807, 2.05) is 25.1 Å². The molecule has 2 spiro atoms. The number of sulfonamides is 1. The van der Waals surface area contributed by atoms with Crippen molar-refractivity contribution in [3.05, 3.63) is 70.3 Å². The number of nitrogens with one attached hydrogen (secondary N) is 1. The van der Waals surface area contributed by atoms with Crippen LogP contribution in [0.5, 0.6) is 5.75 Å². The second-order valence-electron chi connectivity index (χ2n) is 15.5. The number of carbonyl (C=O) groups excluding carboxylic acids is 1. The van der Waals surface area contributed by atoms with Crippen LogP contribution in [0.3, 0.4) is 0 Å². The fraction of sp³-hybridized carbons (Fsp3) is 0.605. The van der Waals surface area contributed by atoms with E-state index in [1.165, 1.54) is 11.1 Å². The molecule has 2 saturated heterocycles. The molecule has 4 heterocycles. The van der Waals surface area contributed by atoms with E-state index >= 15 is 0 Å². The molecule has 1 saturated carbocycles. The highest BCUT2D eigenvalue weighted by atomic mass is 35.5. The van der Waals surface area contributed by atoms with Crippen molar-refractivity contribution in [2.45, 2.75) is 74.7 Å². The van der Waals surface area contributed by atoms with E-state index in [-0.39, 0.29) is 17.4 Å². The molecule has 7 atom stereocenters. The summed E-state index contributed by atoms with van der Waals surface area (Å²) in [6.07, 6.45) is 10.1. The number of carbonyl (C=O) groups is 1. The monoisotopic (exact) mass is 709 g/mol. The van der Waals surface area contributed by atoms with Crippen molar-refractivity contribution in [1.82, 2.24) is 9.62 Å². The molecule has 2 aromatic carbocycles. The van der Waals surface area contributed by atoms with Gasteiger partial charge in [0.05, 0.1) is 43.4 Å². The van der Waals surface area contributed by atoms with Gasteiger partial charge in [-0.3, -0.25) is 9.69 Å². The van der Waals surface area contributed by atoms with E-state index in [1.54, 1.807) is 13.0 Å². The van der Waals surface area contributed by atoms with Gasteiger partial charge in [0.15, 0.2) is 0 Å². The third-order valence-corrected chi connectivity index (χ3v) is 14.7. The zero-order valence-corrected chi connectivity index (χ0v) is 30.1. The summed E-state index contributed by atoms with van der Waals surface area (Å²) in [5.41, 5.74) is 2.98. The minimum absolute atomic E-state index is 0.205. The molecule has 2 bridgehead atoms. The van der Waals surface area contributed by atoms with Crippen LogP contribution in [0.25, 0.3) is 0 Å². The van der Waals surface area contributed by atoms with Crippen LogP contribution in [0.15, 0.2) is 48.6 Å². The van der Waals surface area contributed by atoms with E-state index < -0.39 is 26.8 Å². The molecular weight excluding hydrogens is 662 g/mol. The van der Waals surface area contributed by atoms with Crippen molar-refractivity contribution in [3.63, 3.8) is 0 Å².